The van der Waals surface area contributed by atoms with E-state index >= 15 is 0 Å². The van der Waals surface area contributed by atoms with Gasteiger partial charge in [-0.2, -0.15) is 0 Å². The summed E-state index contributed by atoms with van der Waals surface area (Å²) in [5.41, 5.74) is 1.81. The van der Waals surface area contributed by atoms with Gasteiger partial charge in [0.05, 0.1) is 0 Å². The van der Waals surface area contributed by atoms with E-state index in [4.69, 9.17) is 0 Å². The summed E-state index contributed by atoms with van der Waals surface area (Å²) in [6, 6.07) is 8.58. The first-order valence-electron chi connectivity index (χ1n) is 6.61. The first kappa shape index (κ1) is 14.7. The van der Waals surface area contributed by atoms with Crippen molar-refractivity contribution in [1.82, 2.24) is 5.32 Å². The van der Waals surface area contributed by atoms with Gasteiger partial charge in [-0.05, 0) is 42.9 Å². The van der Waals surface area contributed by atoms with Crippen molar-refractivity contribution in [2.24, 2.45) is 5.41 Å². The Kier molecular flexibility index (Phi) is 6.21. The van der Waals surface area contributed by atoms with E-state index in [2.05, 4.69) is 66.3 Å². The lowest BCUT2D eigenvalue weighted by Crippen LogP contribution is -2.35. The fraction of sp³-hybridized carbons (Fsp3) is 0.600. The van der Waals surface area contributed by atoms with Gasteiger partial charge in [-0.15, -0.1) is 0 Å². The minimum Gasteiger partial charge on any atom is -0.316 e. The van der Waals surface area contributed by atoms with Crippen LogP contribution in [0.5, 0.6) is 0 Å². The second kappa shape index (κ2) is 7.17. The lowest BCUT2D eigenvalue weighted by molar-refractivity contribution is 0.248. The summed E-state index contributed by atoms with van der Waals surface area (Å²) in [6.07, 6.45) is 3.59. The van der Waals surface area contributed by atoms with Gasteiger partial charge in [0, 0.05) is 11.0 Å². The van der Waals surface area contributed by atoms with Crippen molar-refractivity contribution >= 4 is 15.9 Å². The summed E-state index contributed by atoms with van der Waals surface area (Å²) in [5.74, 6) is 0. The van der Waals surface area contributed by atoms with E-state index in [1.54, 1.807) is 0 Å². The van der Waals surface area contributed by atoms with Crippen LogP contribution < -0.4 is 5.32 Å². The highest BCUT2D eigenvalue weighted by Crippen LogP contribution is 2.32. The lowest BCUT2D eigenvalue weighted by atomic mass is 9.77. The molecule has 1 N–H and O–H groups in total. The van der Waals surface area contributed by atoms with E-state index < -0.39 is 0 Å². The monoisotopic (exact) mass is 297 g/mol. The van der Waals surface area contributed by atoms with Gasteiger partial charge >= 0.3 is 0 Å². The van der Waals surface area contributed by atoms with Gasteiger partial charge in [-0.3, -0.25) is 0 Å². The highest BCUT2D eigenvalue weighted by molar-refractivity contribution is 9.10. The number of hydrogen-bond donors (Lipinski definition) is 1. The highest BCUT2D eigenvalue weighted by atomic mass is 79.9. The molecule has 0 aliphatic heterocycles. The van der Waals surface area contributed by atoms with Crippen LogP contribution in [0.3, 0.4) is 0 Å². The third kappa shape index (κ3) is 4.11. The Morgan fingerprint density at radius 1 is 1.12 bits per heavy atom. The van der Waals surface area contributed by atoms with Gasteiger partial charge in [0.15, 0.2) is 0 Å². The third-order valence-electron chi connectivity index (χ3n) is 3.77. The molecule has 0 fully saturated rings. The maximum atomic E-state index is 3.66. The van der Waals surface area contributed by atoms with Gasteiger partial charge in [-0.25, -0.2) is 0 Å². The molecule has 0 saturated heterocycles. The maximum absolute atomic E-state index is 3.66. The van der Waals surface area contributed by atoms with Crippen molar-refractivity contribution in [3.63, 3.8) is 0 Å². The van der Waals surface area contributed by atoms with Crippen molar-refractivity contribution < 1.29 is 0 Å². The molecule has 0 aliphatic carbocycles. The molecule has 0 saturated carbocycles. The standard InChI is InChI=1S/C15H24BrN/c1-4-15(5-2,12-17-6-3)11-13-9-7-8-10-14(13)16/h7-10,17H,4-6,11-12H2,1-3H3. The Morgan fingerprint density at radius 2 is 1.76 bits per heavy atom. The van der Waals surface area contributed by atoms with E-state index in [0.29, 0.717) is 5.41 Å². The van der Waals surface area contributed by atoms with Crippen LogP contribution >= 0.6 is 15.9 Å². The molecule has 1 aromatic carbocycles. The topological polar surface area (TPSA) is 12.0 Å². The molecule has 0 heterocycles. The van der Waals surface area contributed by atoms with E-state index in [0.717, 1.165) is 19.5 Å². The molecule has 1 nitrogen and oxygen atoms in total. The first-order chi connectivity index (χ1) is 8.17. The van der Waals surface area contributed by atoms with Crippen LogP contribution in [-0.2, 0) is 6.42 Å². The molecule has 0 aliphatic rings. The first-order valence-corrected chi connectivity index (χ1v) is 7.41. The number of nitrogens with one attached hydrogen (secondary N) is 1. The van der Waals surface area contributed by atoms with Crippen LogP contribution in [0.25, 0.3) is 0 Å². The predicted octanol–water partition coefficient (Wildman–Crippen LogP) is 4.41. The summed E-state index contributed by atoms with van der Waals surface area (Å²) in [7, 11) is 0. The van der Waals surface area contributed by atoms with E-state index in [-0.39, 0.29) is 0 Å². The average Bonchev–Trinajstić information content (AvgIpc) is 2.37. The molecule has 96 valence electrons. The number of benzene rings is 1. The summed E-state index contributed by atoms with van der Waals surface area (Å²) in [4.78, 5) is 0. The summed E-state index contributed by atoms with van der Waals surface area (Å²) >= 11 is 3.66. The van der Waals surface area contributed by atoms with Gasteiger partial charge in [0.25, 0.3) is 0 Å². The normalized spacial score (nSPS) is 11.8. The summed E-state index contributed by atoms with van der Waals surface area (Å²) < 4.78 is 1.24. The zero-order chi connectivity index (χ0) is 12.7. The molecule has 0 atom stereocenters. The fourth-order valence-electron chi connectivity index (χ4n) is 2.25. The number of halogens is 1. The van der Waals surface area contributed by atoms with Crippen LogP contribution in [-0.4, -0.2) is 13.1 Å². The summed E-state index contributed by atoms with van der Waals surface area (Å²) in [6.45, 7) is 8.94. The average molecular weight is 298 g/mol. The smallest absolute Gasteiger partial charge is 0.0207 e. The Morgan fingerprint density at radius 3 is 2.29 bits per heavy atom. The number of hydrogen-bond acceptors (Lipinski definition) is 1. The van der Waals surface area contributed by atoms with Crippen LogP contribution in [0.2, 0.25) is 0 Å². The van der Waals surface area contributed by atoms with E-state index in [1.165, 1.54) is 22.9 Å². The lowest BCUT2D eigenvalue weighted by Gasteiger charge is -2.32. The third-order valence-corrected chi connectivity index (χ3v) is 4.55. The minimum atomic E-state index is 0.389. The Labute approximate surface area is 114 Å². The molecule has 0 unspecified atom stereocenters. The molecule has 17 heavy (non-hydrogen) atoms. The number of rotatable bonds is 7. The van der Waals surface area contributed by atoms with Gasteiger partial charge in [-0.1, -0.05) is 54.9 Å². The second-order valence-corrected chi connectivity index (χ2v) is 5.61. The SMILES string of the molecule is CCNCC(CC)(CC)Cc1ccccc1Br. The molecule has 0 amide bonds. The van der Waals surface area contributed by atoms with Gasteiger partial charge in [0.2, 0.25) is 0 Å². The van der Waals surface area contributed by atoms with E-state index in [1.807, 2.05) is 0 Å². The molecule has 0 aromatic heterocycles. The molecule has 0 bridgehead atoms. The van der Waals surface area contributed by atoms with Crippen LogP contribution in [0.1, 0.15) is 39.2 Å². The van der Waals surface area contributed by atoms with Gasteiger partial charge in [0.1, 0.15) is 0 Å². The van der Waals surface area contributed by atoms with Gasteiger partial charge < -0.3 is 5.32 Å². The Hall–Kier alpha value is -0.340. The molecule has 2 heteroatoms. The Bertz CT molecular complexity index is 331. The predicted molar refractivity (Wildman–Crippen MR) is 79.4 cm³/mol. The summed E-state index contributed by atoms with van der Waals surface area (Å²) in [5, 5.41) is 3.52. The van der Waals surface area contributed by atoms with Crippen LogP contribution in [0.4, 0.5) is 0 Å². The van der Waals surface area contributed by atoms with Crippen molar-refractivity contribution in [3.05, 3.63) is 34.3 Å². The Balaban J connectivity index is 2.82. The zero-order valence-corrected chi connectivity index (χ0v) is 12.8. The van der Waals surface area contributed by atoms with Crippen LogP contribution in [0, 0.1) is 5.41 Å². The largest absolute Gasteiger partial charge is 0.316 e. The molecule has 1 aromatic rings. The molecule has 1 rings (SSSR count). The van der Waals surface area contributed by atoms with E-state index in [9.17, 15) is 0 Å². The van der Waals surface area contributed by atoms with Crippen molar-refractivity contribution in [1.29, 1.82) is 0 Å². The van der Waals surface area contributed by atoms with Crippen LogP contribution in [0.15, 0.2) is 28.7 Å². The van der Waals surface area contributed by atoms with Crippen molar-refractivity contribution in [3.8, 4) is 0 Å². The van der Waals surface area contributed by atoms with Crippen molar-refractivity contribution in [2.45, 2.75) is 40.0 Å². The minimum absolute atomic E-state index is 0.389. The maximum Gasteiger partial charge on any atom is 0.0207 e. The highest BCUT2D eigenvalue weighted by Gasteiger charge is 2.26. The quantitative estimate of drug-likeness (QED) is 0.786. The molecular weight excluding hydrogens is 274 g/mol. The fourth-order valence-corrected chi connectivity index (χ4v) is 2.67. The van der Waals surface area contributed by atoms with Crippen molar-refractivity contribution in [2.75, 3.05) is 13.1 Å². The molecule has 0 spiro atoms. The second-order valence-electron chi connectivity index (χ2n) is 4.76. The molecule has 0 radical (unpaired) electrons. The molecular formula is C15H24BrN. The zero-order valence-electron chi connectivity index (χ0n) is 11.2.